The molecule has 0 amide bonds. The van der Waals surface area contributed by atoms with Crippen molar-refractivity contribution >= 4 is 0 Å². The molecule has 20 heavy (non-hydrogen) atoms. The van der Waals surface area contributed by atoms with Crippen LogP contribution in [0, 0.1) is 17.8 Å². The summed E-state index contributed by atoms with van der Waals surface area (Å²) in [6.07, 6.45) is 6.41. The topological polar surface area (TPSA) is 23.5 Å². The van der Waals surface area contributed by atoms with Crippen LogP contribution in [-0.2, 0) is 0 Å². The molecule has 1 N–H and O–H groups in total. The zero-order chi connectivity index (χ0) is 13.9. The fraction of sp³-hybridized carbons (Fsp3) is 0.667. The first-order chi connectivity index (χ1) is 9.72. The van der Waals surface area contributed by atoms with Gasteiger partial charge in [-0.05, 0) is 56.0 Å². The summed E-state index contributed by atoms with van der Waals surface area (Å²) in [7, 11) is 2.21. The molecule has 2 heteroatoms. The Balaban J connectivity index is 1.42. The molecule has 0 heterocycles. The third kappa shape index (κ3) is 3.24. The average molecular weight is 273 g/mol. The smallest absolute Gasteiger partial charge is 0.0802 e. The van der Waals surface area contributed by atoms with Gasteiger partial charge in [0.15, 0.2) is 0 Å². The number of hydrogen-bond acceptors (Lipinski definition) is 2. The van der Waals surface area contributed by atoms with Crippen LogP contribution in [0.5, 0.6) is 0 Å². The second-order valence-electron chi connectivity index (χ2n) is 6.91. The quantitative estimate of drug-likeness (QED) is 0.858. The number of aliphatic hydroxyl groups is 1. The number of rotatable bonds is 6. The Morgan fingerprint density at radius 3 is 2.65 bits per heavy atom. The molecule has 4 unspecified atom stereocenters. The minimum Gasteiger partial charge on any atom is -0.388 e. The van der Waals surface area contributed by atoms with Gasteiger partial charge in [0.2, 0.25) is 0 Å². The van der Waals surface area contributed by atoms with Crippen LogP contribution in [0.4, 0.5) is 0 Å². The SMILES string of the molecule is CN(CCC(O)c1ccccc1)CC1CC2CCC1C2. The lowest BCUT2D eigenvalue weighted by molar-refractivity contribution is 0.138. The summed E-state index contributed by atoms with van der Waals surface area (Å²) < 4.78 is 0. The van der Waals surface area contributed by atoms with E-state index < -0.39 is 0 Å². The third-order valence-corrected chi connectivity index (χ3v) is 5.40. The second kappa shape index (κ2) is 6.28. The van der Waals surface area contributed by atoms with E-state index in [4.69, 9.17) is 0 Å². The monoisotopic (exact) mass is 273 g/mol. The van der Waals surface area contributed by atoms with E-state index in [1.54, 1.807) is 0 Å². The number of fused-ring (bicyclic) bond motifs is 2. The summed E-state index contributed by atoms with van der Waals surface area (Å²) in [5, 5.41) is 10.2. The van der Waals surface area contributed by atoms with Gasteiger partial charge in [0.05, 0.1) is 6.10 Å². The molecule has 2 bridgehead atoms. The lowest BCUT2D eigenvalue weighted by Crippen LogP contribution is -2.30. The van der Waals surface area contributed by atoms with E-state index >= 15 is 0 Å². The van der Waals surface area contributed by atoms with Crippen molar-refractivity contribution in [3.05, 3.63) is 35.9 Å². The van der Waals surface area contributed by atoms with Gasteiger partial charge in [-0.15, -0.1) is 0 Å². The standard InChI is InChI=1S/C18H27NO/c1-19(13-17-12-14-7-8-16(17)11-14)10-9-18(20)15-5-3-2-4-6-15/h2-6,14,16-18,20H,7-13H2,1H3. The molecule has 2 nitrogen and oxygen atoms in total. The molecular formula is C18H27NO. The highest BCUT2D eigenvalue weighted by molar-refractivity contribution is 5.17. The Hall–Kier alpha value is -0.860. The van der Waals surface area contributed by atoms with Crippen LogP contribution in [0.2, 0.25) is 0 Å². The molecule has 3 rings (SSSR count). The van der Waals surface area contributed by atoms with E-state index in [0.29, 0.717) is 0 Å². The Morgan fingerprint density at radius 1 is 1.20 bits per heavy atom. The Kier molecular flexibility index (Phi) is 4.42. The van der Waals surface area contributed by atoms with E-state index in [9.17, 15) is 5.11 Å². The molecule has 2 fully saturated rings. The fourth-order valence-electron chi connectivity index (χ4n) is 4.28. The molecule has 0 saturated heterocycles. The number of hydrogen-bond donors (Lipinski definition) is 1. The first-order valence-electron chi connectivity index (χ1n) is 8.14. The van der Waals surface area contributed by atoms with E-state index in [2.05, 4.69) is 11.9 Å². The van der Waals surface area contributed by atoms with Crippen molar-refractivity contribution in [2.24, 2.45) is 17.8 Å². The van der Waals surface area contributed by atoms with Crippen LogP contribution >= 0.6 is 0 Å². The number of aliphatic hydroxyl groups excluding tert-OH is 1. The predicted molar refractivity (Wildman–Crippen MR) is 82.5 cm³/mol. The zero-order valence-electron chi connectivity index (χ0n) is 12.5. The highest BCUT2D eigenvalue weighted by Gasteiger charge is 2.39. The third-order valence-electron chi connectivity index (χ3n) is 5.40. The average Bonchev–Trinajstić information content (AvgIpc) is 3.08. The summed E-state index contributed by atoms with van der Waals surface area (Å²) in [6, 6.07) is 10.0. The first kappa shape index (κ1) is 14.1. The van der Waals surface area contributed by atoms with Gasteiger partial charge in [0.1, 0.15) is 0 Å². The van der Waals surface area contributed by atoms with E-state index in [1.807, 2.05) is 30.3 Å². The van der Waals surface area contributed by atoms with Crippen molar-refractivity contribution < 1.29 is 5.11 Å². The predicted octanol–water partition coefficient (Wildman–Crippen LogP) is 3.48. The molecule has 0 aromatic heterocycles. The molecule has 0 spiro atoms. The van der Waals surface area contributed by atoms with Crippen LogP contribution < -0.4 is 0 Å². The summed E-state index contributed by atoms with van der Waals surface area (Å²) >= 11 is 0. The van der Waals surface area contributed by atoms with Crippen LogP contribution in [-0.4, -0.2) is 30.1 Å². The van der Waals surface area contributed by atoms with E-state index in [-0.39, 0.29) is 6.10 Å². The highest BCUT2D eigenvalue weighted by atomic mass is 16.3. The summed E-state index contributed by atoms with van der Waals surface area (Å²) in [5.74, 6) is 2.96. The van der Waals surface area contributed by atoms with Gasteiger partial charge in [0.25, 0.3) is 0 Å². The van der Waals surface area contributed by atoms with Crippen LogP contribution in [0.15, 0.2) is 30.3 Å². The van der Waals surface area contributed by atoms with Gasteiger partial charge in [-0.2, -0.15) is 0 Å². The normalized spacial score (nSPS) is 30.1. The molecule has 1 aromatic carbocycles. The van der Waals surface area contributed by atoms with Crippen molar-refractivity contribution in [1.29, 1.82) is 0 Å². The van der Waals surface area contributed by atoms with Gasteiger partial charge in [-0.1, -0.05) is 36.8 Å². The Bertz CT molecular complexity index is 419. The molecule has 2 aliphatic rings. The molecule has 2 aliphatic carbocycles. The van der Waals surface area contributed by atoms with Gasteiger partial charge in [-0.25, -0.2) is 0 Å². The summed E-state index contributed by atoms with van der Waals surface area (Å²) in [4.78, 5) is 2.43. The van der Waals surface area contributed by atoms with Crippen LogP contribution in [0.25, 0.3) is 0 Å². The fourth-order valence-corrected chi connectivity index (χ4v) is 4.28. The van der Waals surface area contributed by atoms with Crippen molar-refractivity contribution in [1.82, 2.24) is 4.90 Å². The van der Waals surface area contributed by atoms with Crippen molar-refractivity contribution in [2.75, 3.05) is 20.1 Å². The molecule has 2 saturated carbocycles. The zero-order valence-corrected chi connectivity index (χ0v) is 12.5. The maximum Gasteiger partial charge on any atom is 0.0802 e. The van der Waals surface area contributed by atoms with Gasteiger partial charge < -0.3 is 10.0 Å². The Labute approximate surface area is 122 Å². The maximum absolute atomic E-state index is 10.2. The minimum atomic E-state index is -0.321. The van der Waals surface area contributed by atoms with Crippen molar-refractivity contribution in [2.45, 2.75) is 38.2 Å². The van der Waals surface area contributed by atoms with Crippen molar-refractivity contribution in [3.63, 3.8) is 0 Å². The maximum atomic E-state index is 10.2. The van der Waals surface area contributed by atoms with E-state index in [1.165, 1.54) is 32.2 Å². The lowest BCUT2D eigenvalue weighted by atomic mass is 9.88. The minimum absolute atomic E-state index is 0.321. The molecule has 110 valence electrons. The number of nitrogens with zero attached hydrogens (tertiary/aromatic N) is 1. The summed E-state index contributed by atoms with van der Waals surface area (Å²) in [6.45, 7) is 2.21. The second-order valence-corrected chi connectivity index (χ2v) is 6.91. The first-order valence-corrected chi connectivity index (χ1v) is 8.14. The molecule has 0 aliphatic heterocycles. The van der Waals surface area contributed by atoms with Gasteiger partial charge in [0, 0.05) is 13.1 Å². The van der Waals surface area contributed by atoms with Crippen LogP contribution in [0.1, 0.15) is 43.8 Å². The van der Waals surface area contributed by atoms with E-state index in [0.717, 1.165) is 36.3 Å². The summed E-state index contributed by atoms with van der Waals surface area (Å²) in [5.41, 5.74) is 1.04. The number of benzene rings is 1. The molecular weight excluding hydrogens is 246 g/mol. The van der Waals surface area contributed by atoms with Crippen molar-refractivity contribution in [3.8, 4) is 0 Å². The molecule has 4 atom stereocenters. The van der Waals surface area contributed by atoms with Gasteiger partial charge >= 0.3 is 0 Å². The lowest BCUT2D eigenvalue weighted by Gasteiger charge is -2.27. The largest absolute Gasteiger partial charge is 0.388 e. The molecule has 0 radical (unpaired) electrons. The highest BCUT2D eigenvalue weighted by Crippen LogP contribution is 2.48. The molecule has 1 aromatic rings. The van der Waals surface area contributed by atoms with Gasteiger partial charge in [-0.3, -0.25) is 0 Å². The van der Waals surface area contributed by atoms with Crippen LogP contribution in [0.3, 0.4) is 0 Å². The Morgan fingerprint density at radius 2 is 2.00 bits per heavy atom.